The molecule has 0 bridgehead atoms. The van der Waals surface area contributed by atoms with Crippen molar-refractivity contribution in [1.82, 2.24) is 4.90 Å². The van der Waals surface area contributed by atoms with Crippen LogP contribution in [0.15, 0.2) is 0 Å². The molecule has 1 saturated carbocycles. The zero-order valence-corrected chi connectivity index (χ0v) is 12.4. The molecule has 108 valence electrons. The van der Waals surface area contributed by atoms with Crippen molar-refractivity contribution in [3.05, 3.63) is 0 Å². The number of hydrogen-bond donors (Lipinski definition) is 1. The first-order valence-corrected chi connectivity index (χ1v) is 7.72. The number of rotatable bonds is 12. The molecule has 0 amide bonds. The van der Waals surface area contributed by atoms with Crippen LogP contribution < -0.4 is 5.73 Å². The third-order valence-corrected chi connectivity index (χ3v) is 4.11. The zero-order chi connectivity index (χ0) is 13.2. The van der Waals surface area contributed by atoms with Crippen molar-refractivity contribution in [2.75, 3.05) is 33.4 Å². The highest BCUT2D eigenvalue weighted by atomic mass is 16.5. The molecule has 18 heavy (non-hydrogen) atoms. The van der Waals surface area contributed by atoms with Crippen molar-refractivity contribution < 1.29 is 4.74 Å². The Kier molecular flexibility index (Phi) is 8.64. The molecule has 0 radical (unpaired) electrons. The minimum atomic E-state index is 0.754. The number of methoxy groups -OCH3 is 1. The Morgan fingerprint density at radius 1 is 1.11 bits per heavy atom. The van der Waals surface area contributed by atoms with E-state index in [4.69, 9.17) is 10.5 Å². The zero-order valence-electron chi connectivity index (χ0n) is 12.4. The van der Waals surface area contributed by atoms with Crippen molar-refractivity contribution in [1.29, 1.82) is 0 Å². The SMILES string of the molecule is COCCN(CCCCCCCN)C(C)C1CC1. The van der Waals surface area contributed by atoms with Gasteiger partial charge in [-0.25, -0.2) is 0 Å². The van der Waals surface area contributed by atoms with Crippen LogP contribution in [0.5, 0.6) is 0 Å². The predicted octanol–water partition coefficient (Wildman–Crippen LogP) is 2.64. The van der Waals surface area contributed by atoms with Gasteiger partial charge >= 0.3 is 0 Å². The Morgan fingerprint density at radius 3 is 2.39 bits per heavy atom. The predicted molar refractivity (Wildman–Crippen MR) is 77.8 cm³/mol. The van der Waals surface area contributed by atoms with Gasteiger partial charge < -0.3 is 10.5 Å². The average molecular weight is 256 g/mol. The fourth-order valence-electron chi connectivity index (χ4n) is 2.59. The molecule has 3 nitrogen and oxygen atoms in total. The summed E-state index contributed by atoms with van der Waals surface area (Å²) >= 11 is 0. The lowest BCUT2D eigenvalue weighted by atomic mass is 10.1. The Morgan fingerprint density at radius 2 is 1.78 bits per heavy atom. The van der Waals surface area contributed by atoms with E-state index < -0.39 is 0 Å². The van der Waals surface area contributed by atoms with Crippen LogP contribution >= 0.6 is 0 Å². The normalized spacial score (nSPS) is 17.3. The molecule has 1 aliphatic rings. The van der Waals surface area contributed by atoms with E-state index in [1.165, 1.54) is 51.5 Å². The third kappa shape index (κ3) is 6.72. The van der Waals surface area contributed by atoms with Crippen molar-refractivity contribution >= 4 is 0 Å². The van der Waals surface area contributed by atoms with Crippen LogP contribution in [-0.4, -0.2) is 44.3 Å². The Bertz CT molecular complexity index is 195. The van der Waals surface area contributed by atoms with E-state index >= 15 is 0 Å². The number of nitrogens with two attached hydrogens (primary N) is 1. The summed E-state index contributed by atoms with van der Waals surface area (Å²) in [4.78, 5) is 2.63. The number of ether oxygens (including phenoxy) is 1. The number of unbranched alkanes of at least 4 members (excludes halogenated alkanes) is 4. The summed E-state index contributed by atoms with van der Waals surface area (Å²) in [6, 6.07) is 0.754. The van der Waals surface area contributed by atoms with Gasteiger partial charge in [-0.3, -0.25) is 4.90 Å². The Labute approximate surface area is 113 Å². The summed E-state index contributed by atoms with van der Waals surface area (Å²) in [6.07, 6.45) is 9.36. The average Bonchev–Trinajstić information content (AvgIpc) is 3.20. The molecule has 0 aromatic carbocycles. The summed E-state index contributed by atoms with van der Waals surface area (Å²) in [5.74, 6) is 0.957. The number of hydrogen-bond acceptors (Lipinski definition) is 3. The maximum Gasteiger partial charge on any atom is 0.0589 e. The van der Waals surface area contributed by atoms with Crippen LogP contribution in [0, 0.1) is 5.92 Å². The van der Waals surface area contributed by atoms with Gasteiger partial charge in [-0.2, -0.15) is 0 Å². The lowest BCUT2D eigenvalue weighted by molar-refractivity contribution is 0.115. The standard InChI is InChI=1S/C15H32N2O/c1-14(15-8-9-15)17(12-13-18-2)11-7-5-3-4-6-10-16/h14-15H,3-13,16H2,1-2H3. The van der Waals surface area contributed by atoms with Gasteiger partial charge in [0.25, 0.3) is 0 Å². The van der Waals surface area contributed by atoms with Crippen LogP contribution in [0.2, 0.25) is 0 Å². The Balaban J connectivity index is 2.10. The molecule has 1 rings (SSSR count). The fraction of sp³-hybridized carbons (Fsp3) is 1.00. The maximum atomic E-state index is 5.50. The van der Waals surface area contributed by atoms with Gasteiger partial charge in [0, 0.05) is 19.7 Å². The van der Waals surface area contributed by atoms with Crippen molar-refractivity contribution in [3.8, 4) is 0 Å². The second-order valence-electron chi connectivity index (χ2n) is 5.66. The molecule has 0 spiro atoms. The van der Waals surface area contributed by atoms with Gasteiger partial charge in [-0.05, 0) is 51.6 Å². The quantitative estimate of drug-likeness (QED) is 0.546. The summed E-state index contributed by atoms with van der Waals surface area (Å²) < 4.78 is 5.23. The summed E-state index contributed by atoms with van der Waals surface area (Å²) in [5, 5.41) is 0. The molecule has 2 N–H and O–H groups in total. The van der Waals surface area contributed by atoms with Gasteiger partial charge in [0.05, 0.1) is 6.61 Å². The minimum Gasteiger partial charge on any atom is -0.383 e. The van der Waals surface area contributed by atoms with Gasteiger partial charge in [0.2, 0.25) is 0 Å². The summed E-state index contributed by atoms with van der Waals surface area (Å²) in [6.45, 7) is 6.44. The maximum absolute atomic E-state index is 5.50. The van der Waals surface area contributed by atoms with E-state index in [1.54, 1.807) is 7.11 Å². The Hall–Kier alpha value is -0.120. The lowest BCUT2D eigenvalue weighted by Gasteiger charge is -2.29. The highest BCUT2D eigenvalue weighted by Gasteiger charge is 2.31. The van der Waals surface area contributed by atoms with Crippen LogP contribution in [-0.2, 0) is 4.74 Å². The monoisotopic (exact) mass is 256 g/mol. The topological polar surface area (TPSA) is 38.5 Å². The van der Waals surface area contributed by atoms with Gasteiger partial charge in [0.1, 0.15) is 0 Å². The first kappa shape index (κ1) is 15.9. The highest BCUT2D eigenvalue weighted by Crippen LogP contribution is 2.35. The summed E-state index contributed by atoms with van der Waals surface area (Å²) in [5.41, 5.74) is 5.50. The van der Waals surface area contributed by atoms with Gasteiger partial charge in [-0.15, -0.1) is 0 Å². The first-order valence-electron chi connectivity index (χ1n) is 7.72. The second-order valence-corrected chi connectivity index (χ2v) is 5.66. The van der Waals surface area contributed by atoms with E-state index in [0.29, 0.717) is 0 Å². The molecule has 3 heteroatoms. The first-order chi connectivity index (χ1) is 8.79. The van der Waals surface area contributed by atoms with E-state index in [9.17, 15) is 0 Å². The van der Waals surface area contributed by atoms with Crippen molar-refractivity contribution in [3.63, 3.8) is 0 Å². The largest absolute Gasteiger partial charge is 0.383 e. The molecule has 1 atom stereocenters. The number of nitrogens with zero attached hydrogens (tertiary/aromatic N) is 1. The third-order valence-electron chi connectivity index (χ3n) is 4.11. The van der Waals surface area contributed by atoms with E-state index in [0.717, 1.165) is 31.7 Å². The van der Waals surface area contributed by atoms with Gasteiger partial charge in [-0.1, -0.05) is 19.3 Å². The van der Waals surface area contributed by atoms with E-state index in [-0.39, 0.29) is 0 Å². The molecule has 1 aliphatic carbocycles. The molecule has 0 aliphatic heterocycles. The molecule has 1 fully saturated rings. The molecule has 0 saturated heterocycles. The van der Waals surface area contributed by atoms with Crippen LogP contribution in [0.4, 0.5) is 0 Å². The molecule has 0 heterocycles. The van der Waals surface area contributed by atoms with E-state index in [1.807, 2.05) is 0 Å². The molecular weight excluding hydrogens is 224 g/mol. The van der Waals surface area contributed by atoms with E-state index in [2.05, 4.69) is 11.8 Å². The summed E-state index contributed by atoms with van der Waals surface area (Å²) in [7, 11) is 1.80. The van der Waals surface area contributed by atoms with Crippen molar-refractivity contribution in [2.45, 2.75) is 57.9 Å². The fourth-order valence-corrected chi connectivity index (χ4v) is 2.59. The van der Waals surface area contributed by atoms with Gasteiger partial charge in [0.15, 0.2) is 0 Å². The molecule has 0 aromatic heterocycles. The molecule has 1 unspecified atom stereocenters. The lowest BCUT2D eigenvalue weighted by Crippen LogP contribution is -2.37. The van der Waals surface area contributed by atoms with Crippen LogP contribution in [0.25, 0.3) is 0 Å². The second kappa shape index (κ2) is 9.76. The smallest absolute Gasteiger partial charge is 0.0589 e. The van der Waals surface area contributed by atoms with Crippen LogP contribution in [0.1, 0.15) is 51.9 Å². The van der Waals surface area contributed by atoms with Crippen LogP contribution in [0.3, 0.4) is 0 Å². The van der Waals surface area contributed by atoms with Crippen molar-refractivity contribution in [2.24, 2.45) is 11.7 Å². The highest BCUT2D eigenvalue weighted by molar-refractivity contribution is 4.85. The molecule has 0 aromatic rings. The molecular formula is C15H32N2O. The minimum absolute atomic E-state index is 0.754.